The van der Waals surface area contributed by atoms with E-state index in [1.54, 1.807) is 11.8 Å². The van der Waals surface area contributed by atoms with Crippen LogP contribution in [-0.2, 0) is 0 Å². The second-order valence-corrected chi connectivity index (χ2v) is 3.19. The van der Waals surface area contributed by atoms with Crippen molar-refractivity contribution in [1.29, 1.82) is 0 Å². The van der Waals surface area contributed by atoms with E-state index < -0.39 is 0 Å². The summed E-state index contributed by atoms with van der Waals surface area (Å²) >= 11 is 1.78. The third kappa shape index (κ3) is 1.37. The Morgan fingerprint density at radius 3 is 2.88 bits per heavy atom. The molecule has 48 valence electrons. The van der Waals surface area contributed by atoms with E-state index >= 15 is 0 Å². The summed E-state index contributed by atoms with van der Waals surface area (Å²) in [6, 6.07) is 0.372. The van der Waals surface area contributed by atoms with E-state index in [1.807, 2.05) is 6.92 Å². The number of hydroxylamine groups is 2. The minimum atomic E-state index is 0.372. The Balaban J connectivity index is 2.28. The first-order valence-corrected chi connectivity index (χ1v) is 3.99. The maximum atomic E-state index is 8.99. The van der Waals surface area contributed by atoms with Gasteiger partial charge >= 0.3 is 0 Å². The predicted molar refractivity (Wildman–Crippen MR) is 35.0 cm³/mol. The monoisotopic (exact) mass is 133 g/mol. The van der Waals surface area contributed by atoms with Gasteiger partial charge in [0.05, 0.1) is 5.88 Å². The first kappa shape index (κ1) is 6.39. The SMILES string of the molecule is CC1CCSCN1O. The molecular weight excluding hydrogens is 122 g/mol. The van der Waals surface area contributed by atoms with Gasteiger partial charge in [-0.1, -0.05) is 0 Å². The lowest BCUT2D eigenvalue weighted by atomic mass is 10.3. The molecule has 3 heteroatoms. The van der Waals surface area contributed by atoms with E-state index in [9.17, 15) is 0 Å². The molecule has 8 heavy (non-hydrogen) atoms. The number of rotatable bonds is 0. The van der Waals surface area contributed by atoms with Crippen molar-refractivity contribution in [2.75, 3.05) is 11.6 Å². The van der Waals surface area contributed by atoms with Gasteiger partial charge < -0.3 is 5.21 Å². The van der Waals surface area contributed by atoms with Crippen molar-refractivity contribution in [1.82, 2.24) is 5.06 Å². The molecule has 1 unspecified atom stereocenters. The lowest BCUT2D eigenvalue weighted by Crippen LogP contribution is -2.33. The molecule has 0 aromatic rings. The largest absolute Gasteiger partial charge is 0.313 e. The molecular formula is C5H11NOS. The highest BCUT2D eigenvalue weighted by molar-refractivity contribution is 7.99. The molecule has 1 aliphatic heterocycles. The van der Waals surface area contributed by atoms with Gasteiger partial charge in [-0.05, 0) is 19.1 Å². The number of nitrogens with zero attached hydrogens (tertiary/aromatic N) is 1. The summed E-state index contributed by atoms with van der Waals surface area (Å²) in [5.74, 6) is 1.97. The highest BCUT2D eigenvalue weighted by Crippen LogP contribution is 2.16. The summed E-state index contributed by atoms with van der Waals surface area (Å²) in [6.45, 7) is 2.04. The third-order valence-corrected chi connectivity index (χ3v) is 2.38. The van der Waals surface area contributed by atoms with Crippen molar-refractivity contribution in [3.05, 3.63) is 0 Å². The molecule has 0 aromatic heterocycles. The first-order valence-electron chi connectivity index (χ1n) is 2.84. The average Bonchev–Trinajstić information content (AvgIpc) is 1.77. The van der Waals surface area contributed by atoms with Crippen molar-refractivity contribution in [2.24, 2.45) is 0 Å². The number of thioether (sulfide) groups is 1. The molecule has 1 saturated heterocycles. The number of hydrogen-bond acceptors (Lipinski definition) is 3. The predicted octanol–water partition coefficient (Wildman–Crippen LogP) is 1.16. The smallest absolute Gasteiger partial charge is 0.0697 e. The lowest BCUT2D eigenvalue weighted by Gasteiger charge is -2.26. The van der Waals surface area contributed by atoms with Crippen LogP contribution in [0.5, 0.6) is 0 Å². The fourth-order valence-electron chi connectivity index (χ4n) is 0.688. The Hall–Kier alpha value is 0.270. The van der Waals surface area contributed by atoms with Crippen LogP contribution in [-0.4, -0.2) is 27.9 Å². The van der Waals surface area contributed by atoms with E-state index in [-0.39, 0.29) is 0 Å². The second kappa shape index (κ2) is 2.71. The van der Waals surface area contributed by atoms with Crippen LogP contribution < -0.4 is 0 Å². The maximum Gasteiger partial charge on any atom is 0.0697 e. The van der Waals surface area contributed by atoms with Crippen molar-refractivity contribution in [3.63, 3.8) is 0 Å². The van der Waals surface area contributed by atoms with Crippen LogP contribution >= 0.6 is 11.8 Å². The Bertz CT molecular complexity index is 68.8. The van der Waals surface area contributed by atoms with E-state index in [1.165, 1.54) is 10.8 Å². The molecule has 1 N–H and O–H groups in total. The van der Waals surface area contributed by atoms with Crippen LogP contribution in [0.15, 0.2) is 0 Å². The van der Waals surface area contributed by atoms with Crippen LogP contribution in [0.25, 0.3) is 0 Å². The molecule has 0 saturated carbocycles. The summed E-state index contributed by atoms with van der Waals surface area (Å²) in [7, 11) is 0. The molecule has 0 radical (unpaired) electrons. The summed E-state index contributed by atoms with van der Waals surface area (Å²) < 4.78 is 0. The Morgan fingerprint density at radius 1 is 1.75 bits per heavy atom. The first-order chi connectivity index (χ1) is 3.80. The van der Waals surface area contributed by atoms with Crippen LogP contribution in [0.3, 0.4) is 0 Å². The zero-order chi connectivity index (χ0) is 5.98. The summed E-state index contributed by atoms with van der Waals surface area (Å²) in [5.41, 5.74) is 0. The molecule has 0 amide bonds. The van der Waals surface area contributed by atoms with Gasteiger partial charge in [-0.2, -0.15) is 5.06 Å². The zero-order valence-electron chi connectivity index (χ0n) is 5.00. The minimum Gasteiger partial charge on any atom is -0.313 e. The Morgan fingerprint density at radius 2 is 2.50 bits per heavy atom. The quantitative estimate of drug-likeness (QED) is 0.536. The molecule has 1 aliphatic rings. The van der Waals surface area contributed by atoms with Crippen LogP contribution in [0, 0.1) is 0 Å². The van der Waals surface area contributed by atoms with Crippen LogP contribution in [0.4, 0.5) is 0 Å². The molecule has 0 aromatic carbocycles. The molecule has 1 rings (SSSR count). The summed E-state index contributed by atoms with van der Waals surface area (Å²) in [6.07, 6.45) is 1.11. The fourth-order valence-corrected chi connectivity index (χ4v) is 1.77. The van der Waals surface area contributed by atoms with Gasteiger partial charge in [0.1, 0.15) is 0 Å². The highest BCUT2D eigenvalue weighted by Gasteiger charge is 2.14. The standard InChI is InChI=1S/C5H11NOS/c1-5-2-3-8-4-6(5)7/h5,7H,2-4H2,1H3. The molecule has 0 spiro atoms. The van der Waals surface area contributed by atoms with Crippen LogP contribution in [0.2, 0.25) is 0 Å². The molecule has 0 aliphatic carbocycles. The van der Waals surface area contributed by atoms with E-state index in [4.69, 9.17) is 5.21 Å². The Kier molecular flexibility index (Phi) is 2.16. The summed E-state index contributed by atoms with van der Waals surface area (Å²) in [4.78, 5) is 0. The lowest BCUT2D eigenvalue weighted by molar-refractivity contribution is -0.107. The molecule has 0 bridgehead atoms. The van der Waals surface area contributed by atoms with Gasteiger partial charge in [0, 0.05) is 6.04 Å². The second-order valence-electron chi connectivity index (χ2n) is 2.11. The topological polar surface area (TPSA) is 23.5 Å². The minimum absolute atomic E-state index is 0.372. The van der Waals surface area contributed by atoms with E-state index in [0.717, 1.165) is 12.3 Å². The third-order valence-electron chi connectivity index (χ3n) is 1.41. The fraction of sp³-hybridized carbons (Fsp3) is 1.00. The highest BCUT2D eigenvalue weighted by atomic mass is 32.2. The molecule has 1 atom stereocenters. The van der Waals surface area contributed by atoms with E-state index in [0.29, 0.717) is 6.04 Å². The van der Waals surface area contributed by atoms with Gasteiger partial charge in [0.25, 0.3) is 0 Å². The molecule has 1 fully saturated rings. The van der Waals surface area contributed by atoms with Crippen molar-refractivity contribution >= 4 is 11.8 Å². The van der Waals surface area contributed by atoms with Gasteiger partial charge in [-0.25, -0.2) is 0 Å². The van der Waals surface area contributed by atoms with Crippen LogP contribution in [0.1, 0.15) is 13.3 Å². The number of hydrogen-bond donors (Lipinski definition) is 1. The summed E-state index contributed by atoms with van der Waals surface area (Å²) in [5, 5.41) is 10.4. The maximum absolute atomic E-state index is 8.99. The van der Waals surface area contributed by atoms with Crippen molar-refractivity contribution in [3.8, 4) is 0 Å². The van der Waals surface area contributed by atoms with Crippen molar-refractivity contribution in [2.45, 2.75) is 19.4 Å². The zero-order valence-corrected chi connectivity index (χ0v) is 5.82. The van der Waals surface area contributed by atoms with Gasteiger partial charge in [0.2, 0.25) is 0 Å². The normalized spacial score (nSPS) is 33.0. The Labute approximate surface area is 53.8 Å². The molecule has 2 nitrogen and oxygen atoms in total. The van der Waals surface area contributed by atoms with Gasteiger partial charge in [-0.15, -0.1) is 11.8 Å². The molecule has 1 heterocycles. The van der Waals surface area contributed by atoms with Gasteiger partial charge in [-0.3, -0.25) is 0 Å². The van der Waals surface area contributed by atoms with Gasteiger partial charge in [0.15, 0.2) is 0 Å². The van der Waals surface area contributed by atoms with Crippen molar-refractivity contribution < 1.29 is 5.21 Å². The average molecular weight is 133 g/mol. The van der Waals surface area contributed by atoms with E-state index in [2.05, 4.69) is 0 Å².